The Morgan fingerprint density at radius 2 is 1.69 bits per heavy atom. The van der Waals surface area contributed by atoms with E-state index in [1.807, 2.05) is 0 Å². The highest BCUT2D eigenvalue weighted by atomic mass is 32.2. The number of sulfonamides is 1. The normalized spacial score (nSPS) is 15.7. The van der Waals surface area contributed by atoms with Crippen molar-refractivity contribution in [2.75, 3.05) is 22.8 Å². The number of benzene rings is 2. The minimum atomic E-state index is -4.99. The molecule has 0 saturated heterocycles. The quantitative estimate of drug-likeness (QED) is 0.508. The number of amides is 1. The summed E-state index contributed by atoms with van der Waals surface area (Å²) in [5, 5.41) is 2.12. The second-order valence-corrected chi connectivity index (χ2v) is 8.94. The fourth-order valence-corrected chi connectivity index (χ4v) is 4.88. The molecule has 2 heterocycles. The van der Waals surface area contributed by atoms with Gasteiger partial charge in [-0.1, -0.05) is 0 Å². The lowest BCUT2D eigenvalue weighted by Crippen LogP contribution is -2.32. The highest BCUT2D eigenvalue weighted by molar-refractivity contribution is 7.93. The number of nitrogens with zero attached hydrogens (tertiary/aromatic N) is 2. The second-order valence-electron chi connectivity index (χ2n) is 7.11. The van der Waals surface area contributed by atoms with Crippen LogP contribution < -0.4 is 14.4 Å². The van der Waals surface area contributed by atoms with Gasteiger partial charge in [0.1, 0.15) is 17.3 Å². The van der Waals surface area contributed by atoms with Gasteiger partial charge in [-0.2, -0.15) is 26.3 Å². The first-order valence-corrected chi connectivity index (χ1v) is 11.0. The van der Waals surface area contributed by atoms with Gasteiger partial charge in [-0.15, -0.1) is 0 Å². The minimum Gasteiger partial charge on any atom is -0.490 e. The molecule has 1 aliphatic rings. The second kappa shape index (κ2) is 8.48. The third kappa shape index (κ3) is 4.76. The zero-order valence-electron chi connectivity index (χ0n) is 17.1. The van der Waals surface area contributed by atoms with Crippen LogP contribution in [0.5, 0.6) is 5.75 Å². The van der Waals surface area contributed by atoms with Crippen molar-refractivity contribution >= 4 is 27.3 Å². The molecular weight excluding hydrogens is 508 g/mol. The van der Waals surface area contributed by atoms with Crippen LogP contribution in [0.1, 0.15) is 21.8 Å². The van der Waals surface area contributed by atoms with E-state index < -0.39 is 50.2 Å². The number of carbonyl (C=O) groups excluding carboxylic acids is 1. The fourth-order valence-electron chi connectivity index (χ4n) is 3.27. The van der Waals surface area contributed by atoms with Gasteiger partial charge in [0.2, 0.25) is 5.76 Å². The lowest BCUT2D eigenvalue weighted by atomic mass is 10.2. The molecule has 1 aromatic heterocycles. The summed E-state index contributed by atoms with van der Waals surface area (Å²) < 4.78 is 115. The Labute approximate surface area is 193 Å². The van der Waals surface area contributed by atoms with Gasteiger partial charge in [0.05, 0.1) is 17.8 Å². The van der Waals surface area contributed by atoms with Crippen LogP contribution in [0.4, 0.5) is 37.7 Å². The molecule has 1 amide bonds. The molecule has 1 aliphatic heterocycles. The molecule has 35 heavy (non-hydrogen) atoms. The van der Waals surface area contributed by atoms with Crippen LogP contribution >= 0.6 is 0 Å². The number of rotatable bonds is 3. The third-order valence-corrected chi connectivity index (χ3v) is 6.69. The van der Waals surface area contributed by atoms with E-state index >= 15 is 0 Å². The summed E-state index contributed by atoms with van der Waals surface area (Å²) in [7, 11) is -4.40. The Balaban J connectivity index is 1.66. The van der Waals surface area contributed by atoms with Crippen molar-refractivity contribution in [2.24, 2.45) is 0 Å². The molecule has 8 nitrogen and oxygen atoms in total. The van der Waals surface area contributed by atoms with Crippen LogP contribution in [0.15, 0.2) is 58.2 Å². The van der Waals surface area contributed by atoms with Crippen molar-refractivity contribution in [3.63, 3.8) is 0 Å². The number of hydrogen-bond acceptors (Lipinski definition) is 6. The summed E-state index contributed by atoms with van der Waals surface area (Å²) in [5.41, 5.74) is -2.30. The monoisotopic (exact) mass is 521 g/mol. The van der Waals surface area contributed by atoms with Crippen molar-refractivity contribution in [3.05, 3.63) is 65.9 Å². The number of halogens is 6. The molecule has 186 valence electrons. The zero-order valence-corrected chi connectivity index (χ0v) is 18.0. The summed E-state index contributed by atoms with van der Waals surface area (Å²) in [6.07, 6.45) is -9.17. The maximum Gasteiger partial charge on any atom is 0.452 e. The standard InChI is InChI=1S/C20H13F6N3O5S/c21-19(22,23)11-1-4-13(5-2-11)29-7-8-33-14-6-3-12(9-15(14)35(29,31)32)28-18(30)16-17(20(24,25)26)34-10-27-16/h1-6,9-10H,7-8H2,(H,28,30). The fraction of sp³-hybridized carbons (Fsp3) is 0.200. The van der Waals surface area contributed by atoms with Gasteiger partial charge in [-0.05, 0) is 42.5 Å². The zero-order chi connectivity index (χ0) is 25.6. The Kier molecular flexibility index (Phi) is 5.91. The topological polar surface area (TPSA) is 102 Å². The van der Waals surface area contributed by atoms with Crippen LogP contribution in [-0.2, 0) is 22.4 Å². The van der Waals surface area contributed by atoms with Gasteiger partial charge in [0.15, 0.2) is 12.1 Å². The lowest BCUT2D eigenvalue weighted by Gasteiger charge is -2.22. The van der Waals surface area contributed by atoms with Crippen molar-refractivity contribution in [1.29, 1.82) is 0 Å². The van der Waals surface area contributed by atoms with Gasteiger partial charge in [0.25, 0.3) is 15.9 Å². The molecule has 0 fully saturated rings. The van der Waals surface area contributed by atoms with Gasteiger partial charge < -0.3 is 14.5 Å². The maximum absolute atomic E-state index is 13.3. The number of ether oxygens (including phenoxy) is 1. The predicted octanol–water partition coefficient (Wildman–Crippen LogP) is 4.55. The lowest BCUT2D eigenvalue weighted by molar-refractivity contribution is -0.153. The van der Waals surface area contributed by atoms with Gasteiger partial charge in [0, 0.05) is 5.69 Å². The van der Waals surface area contributed by atoms with Crippen LogP contribution in [0.2, 0.25) is 0 Å². The van der Waals surface area contributed by atoms with E-state index in [0.717, 1.165) is 34.6 Å². The molecule has 2 aromatic carbocycles. The summed E-state index contributed by atoms with van der Waals surface area (Å²) in [6, 6.07) is 6.77. The molecule has 0 spiro atoms. The van der Waals surface area contributed by atoms with Gasteiger partial charge in [-0.3, -0.25) is 9.10 Å². The van der Waals surface area contributed by atoms with E-state index in [1.165, 1.54) is 12.1 Å². The molecular formula is C20H13F6N3O5S. The number of aromatic nitrogens is 1. The molecule has 0 unspecified atom stereocenters. The van der Waals surface area contributed by atoms with Crippen LogP contribution in [0, 0.1) is 0 Å². The highest BCUT2D eigenvalue weighted by Crippen LogP contribution is 2.37. The van der Waals surface area contributed by atoms with E-state index in [0.29, 0.717) is 6.39 Å². The maximum atomic E-state index is 13.3. The molecule has 3 aromatic rings. The SMILES string of the molecule is O=C(Nc1ccc2c(c1)S(=O)(=O)N(c1ccc(C(F)(F)F)cc1)CCO2)c1ncoc1C(F)(F)F. The number of carbonyl (C=O) groups is 1. The molecule has 4 rings (SSSR count). The summed E-state index contributed by atoms with van der Waals surface area (Å²) >= 11 is 0. The van der Waals surface area contributed by atoms with Crippen molar-refractivity contribution < 1.29 is 48.7 Å². The predicted molar refractivity (Wildman–Crippen MR) is 107 cm³/mol. The Morgan fingerprint density at radius 3 is 2.31 bits per heavy atom. The smallest absolute Gasteiger partial charge is 0.452 e. The first-order chi connectivity index (χ1) is 16.3. The van der Waals surface area contributed by atoms with Crippen LogP contribution in [-0.4, -0.2) is 32.5 Å². The van der Waals surface area contributed by atoms with E-state index in [-0.39, 0.29) is 30.3 Å². The Bertz CT molecular complexity index is 1370. The van der Waals surface area contributed by atoms with Crippen molar-refractivity contribution in [2.45, 2.75) is 17.2 Å². The largest absolute Gasteiger partial charge is 0.490 e. The van der Waals surface area contributed by atoms with E-state index in [1.54, 1.807) is 0 Å². The summed E-state index contributed by atoms with van der Waals surface area (Å²) in [4.78, 5) is 15.1. The number of alkyl halides is 6. The average molecular weight is 521 g/mol. The van der Waals surface area contributed by atoms with Gasteiger partial charge >= 0.3 is 12.4 Å². The molecule has 0 aliphatic carbocycles. The first kappa shape index (κ1) is 24.4. The average Bonchev–Trinajstić information content (AvgIpc) is 3.23. The molecule has 15 heteroatoms. The Morgan fingerprint density at radius 1 is 1.00 bits per heavy atom. The van der Waals surface area contributed by atoms with E-state index in [2.05, 4.69) is 14.7 Å². The van der Waals surface area contributed by atoms with Crippen molar-refractivity contribution in [1.82, 2.24) is 4.98 Å². The molecule has 0 saturated carbocycles. The van der Waals surface area contributed by atoms with E-state index in [9.17, 15) is 39.6 Å². The molecule has 0 bridgehead atoms. The number of nitrogens with one attached hydrogen (secondary N) is 1. The first-order valence-electron chi connectivity index (χ1n) is 9.57. The minimum absolute atomic E-state index is 0.0682. The van der Waals surface area contributed by atoms with Gasteiger partial charge in [-0.25, -0.2) is 13.4 Å². The van der Waals surface area contributed by atoms with Crippen LogP contribution in [0.25, 0.3) is 0 Å². The third-order valence-electron chi connectivity index (χ3n) is 4.84. The highest BCUT2D eigenvalue weighted by Gasteiger charge is 2.41. The summed E-state index contributed by atoms with van der Waals surface area (Å²) in [6.45, 7) is -0.384. The van der Waals surface area contributed by atoms with E-state index in [4.69, 9.17) is 4.74 Å². The number of oxazole rings is 1. The number of anilines is 2. The Hall–Kier alpha value is -3.75. The molecule has 0 atom stereocenters. The number of fused-ring (bicyclic) bond motifs is 1. The van der Waals surface area contributed by atoms with Crippen molar-refractivity contribution in [3.8, 4) is 5.75 Å². The molecule has 1 N–H and O–H groups in total. The molecule has 0 radical (unpaired) electrons. The summed E-state index contributed by atoms with van der Waals surface area (Å²) in [5.74, 6) is -3.05. The number of hydrogen-bond donors (Lipinski definition) is 1. The van der Waals surface area contributed by atoms with Crippen LogP contribution in [0.3, 0.4) is 0 Å².